The van der Waals surface area contributed by atoms with Gasteiger partial charge in [0.25, 0.3) is 0 Å². The first kappa shape index (κ1) is 17.3. The molecule has 7 nitrogen and oxygen atoms in total. The summed E-state index contributed by atoms with van der Waals surface area (Å²) in [5, 5.41) is 4.39. The molecule has 2 heterocycles. The third kappa shape index (κ3) is 3.77. The van der Waals surface area contributed by atoms with Crippen molar-refractivity contribution in [2.24, 2.45) is 0 Å². The lowest BCUT2D eigenvalue weighted by Gasteiger charge is -2.14. The summed E-state index contributed by atoms with van der Waals surface area (Å²) in [5.74, 6) is -2.48. The van der Waals surface area contributed by atoms with E-state index in [1.807, 2.05) is 5.38 Å². The summed E-state index contributed by atoms with van der Waals surface area (Å²) in [7, 11) is 0. The summed E-state index contributed by atoms with van der Waals surface area (Å²) in [6.07, 6.45) is 0. The fourth-order valence-electron chi connectivity index (χ4n) is 2.30. The topological polar surface area (TPSA) is 86.8 Å². The molecule has 0 unspecified atom stereocenters. The molecular formula is C16H12BrN3O4S. The average Bonchev–Trinajstić information content (AvgIpc) is 3.14. The number of hydrogen-bond donors (Lipinski definition) is 1. The van der Waals surface area contributed by atoms with Gasteiger partial charge in [-0.3, -0.25) is 19.3 Å². The number of thiophene rings is 1. The van der Waals surface area contributed by atoms with Crippen LogP contribution in [0.1, 0.15) is 4.88 Å². The number of benzene rings is 1. The molecule has 1 aromatic heterocycles. The van der Waals surface area contributed by atoms with Gasteiger partial charge in [-0.15, -0.1) is 11.3 Å². The van der Waals surface area contributed by atoms with Crippen molar-refractivity contribution in [2.45, 2.75) is 6.54 Å². The molecule has 2 aromatic rings. The van der Waals surface area contributed by atoms with Crippen molar-refractivity contribution in [1.29, 1.82) is 0 Å². The standard InChI is InChI=1S/C16H12BrN3O4S/c17-10-3-1-4-11(7-10)18-13(21)9-20-15(23)14(22)19(16(20)24)8-12-5-2-6-25-12/h1-7H,8-9H2,(H,18,21). The van der Waals surface area contributed by atoms with Crippen LogP contribution in [0.25, 0.3) is 0 Å². The second kappa shape index (κ2) is 7.16. The highest BCUT2D eigenvalue weighted by Gasteiger charge is 2.45. The van der Waals surface area contributed by atoms with Gasteiger partial charge in [-0.1, -0.05) is 28.1 Å². The van der Waals surface area contributed by atoms with Gasteiger partial charge in [0.05, 0.1) is 6.54 Å². The smallest absolute Gasteiger partial charge is 0.324 e. The monoisotopic (exact) mass is 421 g/mol. The summed E-state index contributed by atoms with van der Waals surface area (Å²) < 4.78 is 0.774. The first-order chi connectivity index (χ1) is 12.0. The number of carbonyl (C=O) groups is 4. The van der Waals surface area contributed by atoms with Gasteiger partial charge in [0.15, 0.2) is 0 Å². The van der Waals surface area contributed by atoms with Crippen LogP contribution in [0.5, 0.6) is 0 Å². The number of rotatable bonds is 5. The zero-order chi connectivity index (χ0) is 18.0. The first-order valence-corrected chi connectivity index (χ1v) is 8.88. The van der Waals surface area contributed by atoms with Crippen molar-refractivity contribution in [3.05, 3.63) is 51.1 Å². The molecule has 3 rings (SSSR count). The van der Waals surface area contributed by atoms with Crippen LogP contribution in [0, 0.1) is 0 Å². The van der Waals surface area contributed by atoms with Gasteiger partial charge in [-0.2, -0.15) is 0 Å². The highest BCUT2D eigenvalue weighted by Crippen LogP contribution is 2.19. The molecular weight excluding hydrogens is 410 g/mol. The van der Waals surface area contributed by atoms with E-state index in [1.54, 1.807) is 36.4 Å². The van der Waals surface area contributed by atoms with E-state index >= 15 is 0 Å². The Balaban J connectivity index is 1.67. The second-order valence-corrected chi connectivity index (χ2v) is 7.15. The molecule has 0 atom stereocenters. The zero-order valence-corrected chi connectivity index (χ0v) is 15.2. The number of urea groups is 1. The van der Waals surface area contributed by atoms with E-state index in [2.05, 4.69) is 21.2 Å². The van der Waals surface area contributed by atoms with Gasteiger partial charge in [-0.25, -0.2) is 9.69 Å². The minimum absolute atomic E-state index is 0.0187. The van der Waals surface area contributed by atoms with Gasteiger partial charge < -0.3 is 5.32 Å². The maximum Gasteiger partial charge on any atom is 0.335 e. The molecule has 1 saturated heterocycles. The lowest BCUT2D eigenvalue weighted by atomic mass is 10.3. The Bertz CT molecular complexity index is 853. The van der Waals surface area contributed by atoms with E-state index in [4.69, 9.17) is 0 Å². The van der Waals surface area contributed by atoms with Crippen LogP contribution in [0.15, 0.2) is 46.3 Å². The molecule has 0 aliphatic carbocycles. The van der Waals surface area contributed by atoms with Crippen molar-refractivity contribution in [3.8, 4) is 0 Å². The maximum absolute atomic E-state index is 12.3. The van der Waals surface area contributed by atoms with E-state index in [0.717, 1.165) is 14.2 Å². The predicted molar refractivity (Wildman–Crippen MR) is 94.7 cm³/mol. The quantitative estimate of drug-likeness (QED) is 0.593. The Morgan fingerprint density at radius 2 is 1.84 bits per heavy atom. The molecule has 1 aromatic carbocycles. The fourth-order valence-corrected chi connectivity index (χ4v) is 3.39. The molecule has 0 saturated carbocycles. The van der Waals surface area contributed by atoms with E-state index in [0.29, 0.717) is 10.6 Å². The SMILES string of the molecule is O=C(CN1C(=O)C(=O)N(Cc2cccs2)C1=O)Nc1cccc(Br)c1. The van der Waals surface area contributed by atoms with Crippen LogP contribution < -0.4 is 5.32 Å². The minimum atomic E-state index is -0.994. The molecule has 1 fully saturated rings. The molecule has 25 heavy (non-hydrogen) atoms. The summed E-state index contributed by atoms with van der Waals surface area (Å²) in [6.45, 7) is -0.498. The third-order valence-corrected chi connectivity index (χ3v) is 4.79. The number of anilines is 1. The summed E-state index contributed by atoms with van der Waals surface area (Å²) in [4.78, 5) is 50.7. The van der Waals surface area contributed by atoms with Crippen molar-refractivity contribution in [2.75, 3.05) is 11.9 Å². The summed E-state index contributed by atoms with van der Waals surface area (Å²) in [5.41, 5.74) is 0.514. The maximum atomic E-state index is 12.3. The predicted octanol–water partition coefficient (Wildman–Crippen LogP) is 2.44. The van der Waals surface area contributed by atoms with Crippen molar-refractivity contribution >= 4 is 56.7 Å². The molecule has 1 N–H and O–H groups in total. The van der Waals surface area contributed by atoms with E-state index < -0.39 is 30.3 Å². The lowest BCUT2D eigenvalue weighted by Crippen LogP contribution is -2.38. The Labute approximate surface area is 155 Å². The molecule has 1 aliphatic heterocycles. The number of halogens is 1. The summed E-state index contributed by atoms with van der Waals surface area (Å²) in [6, 6.07) is 9.65. The van der Waals surface area contributed by atoms with Crippen LogP contribution in [0.3, 0.4) is 0 Å². The van der Waals surface area contributed by atoms with Crippen LogP contribution in [-0.4, -0.2) is 40.1 Å². The Kier molecular flexibility index (Phi) is 4.95. The molecule has 0 bridgehead atoms. The summed E-state index contributed by atoms with van der Waals surface area (Å²) >= 11 is 4.66. The highest BCUT2D eigenvalue weighted by atomic mass is 79.9. The van der Waals surface area contributed by atoms with Crippen LogP contribution in [-0.2, 0) is 20.9 Å². The normalized spacial score (nSPS) is 14.4. The fraction of sp³-hybridized carbons (Fsp3) is 0.125. The number of nitrogens with one attached hydrogen (secondary N) is 1. The number of carbonyl (C=O) groups excluding carboxylic acids is 4. The largest absolute Gasteiger partial charge is 0.335 e. The Morgan fingerprint density at radius 1 is 1.08 bits per heavy atom. The lowest BCUT2D eigenvalue weighted by molar-refractivity contribution is -0.143. The molecule has 0 radical (unpaired) electrons. The van der Waals surface area contributed by atoms with Gasteiger partial charge in [0.1, 0.15) is 6.54 Å². The van der Waals surface area contributed by atoms with Crippen molar-refractivity contribution in [1.82, 2.24) is 9.80 Å². The van der Waals surface area contributed by atoms with E-state index in [-0.39, 0.29) is 6.54 Å². The van der Waals surface area contributed by atoms with Crippen LogP contribution >= 0.6 is 27.3 Å². The highest BCUT2D eigenvalue weighted by molar-refractivity contribution is 9.10. The molecule has 9 heteroatoms. The minimum Gasteiger partial charge on any atom is -0.324 e. The average molecular weight is 422 g/mol. The van der Waals surface area contributed by atoms with Crippen molar-refractivity contribution < 1.29 is 19.2 Å². The number of hydrogen-bond acceptors (Lipinski definition) is 5. The van der Waals surface area contributed by atoms with Crippen LogP contribution in [0.2, 0.25) is 0 Å². The van der Waals surface area contributed by atoms with E-state index in [1.165, 1.54) is 11.3 Å². The number of amides is 5. The third-order valence-electron chi connectivity index (χ3n) is 3.44. The second-order valence-electron chi connectivity index (χ2n) is 5.20. The molecule has 128 valence electrons. The number of nitrogens with zero attached hydrogens (tertiary/aromatic N) is 2. The van der Waals surface area contributed by atoms with Gasteiger partial charge >= 0.3 is 17.8 Å². The molecule has 1 aliphatic rings. The van der Waals surface area contributed by atoms with E-state index in [9.17, 15) is 19.2 Å². The van der Waals surface area contributed by atoms with Gasteiger partial charge in [0.2, 0.25) is 5.91 Å². The number of imide groups is 2. The first-order valence-electron chi connectivity index (χ1n) is 7.21. The molecule has 5 amide bonds. The van der Waals surface area contributed by atoms with Crippen LogP contribution in [0.4, 0.5) is 10.5 Å². The zero-order valence-electron chi connectivity index (χ0n) is 12.8. The van der Waals surface area contributed by atoms with Gasteiger partial charge in [0, 0.05) is 15.0 Å². The Morgan fingerprint density at radius 3 is 2.52 bits per heavy atom. The van der Waals surface area contributed by atoms with Crippen molar-refractivity contribution in [3.63, 3.8) is 0 Å². The molecule has 0 spiro atoms. The van der Waals surface area contributed by atoms with Gasteiger partial charge in [-0.05, 0) is 29.6 Å². The Hall–Kier alpha value is -2.52.